The lowest BCUT2D eigenvalue weighted by Gasteiger charge is -2.30. The highest BCUT2D eigenvalue weighted by molar-refractivity contribution is 9.10. The molecule has 0 radical (unpaired) electrons. The van der Waals surface area contributed by atoms with Gasteiger partial charge >= 0.3 is 0 Å². The van der Waals surface area contributed by atoms with Gasteiger partial charge in [-0.05, 0) is 59.6 Å². The van der Waals surface area contributed by atoms with Gasteiger partial charge in [0.25, 0.3) is 5.91 Å². The number of hydrogen-bond donors (Lipinski definition) is 1. The van der Waals surface area contributed by atoms with Crippen LogP contribution in [0.25, 0.3) is 0 Å². The minimum absolute atomic E-state index is 0.246. The molecule has 2 aromatic rings. The van der Waals surface area contributed by atoms with Crippen molar-refractivity contribution in [2.24, 2.45) is 4.99 Å². The highest BCUT2D eigenvalue weighted by Gasteiger charge is 2.29. The Kier molecular flexibility index (Phi) is 4.78. The van der Waals surface area contributed by atoms with Gasteiger partial charge < -0.3 is 10.1 Å². The van der Waals surface area contributed by atoms with Crippen molar-refractivity contribution >= 4 is 33.2 Å². The molecule has 0 bridgehead atoms. The third-order valence-corrected chi connectivity index (χ3v) is 4.30. The number of nitrogens with one attached hydrogen (secondary N) is 1. The first-order valence-corrected chi connectivity index (χ1v) is 8.42. The molecule has 0 spiro atoms. The van der Waals surface area contributed by atoms with Crippen molar-refractivity contribution in [3.05, 3.63) is 58.3 Å². The number of ether oxygens (including phenoxy) is 1. The maximum atomic E-state index is 12.3. The standard InChI is InChI=1S/C18H18BrN3O2/c1-12-10-24-11-18(2,22-12)13-4-3-5-15(8-13)21-17(23)16-7-6-14(19)9-20-16/h3-9H,10-11H2,1-2H3,(H,21,23). The molecule has 1 N–H and O–H groups in total. The Morgan fingerprint density at radius 2 is 2.17 bits per heavy atom. The van der Waals surface area contributed by atoms with Gasteiger partial charge in [-0.15, -0.1) is 0 Å². The highest BCUT2D eigenvalue weighted by Crippen LogP contribution is 2.30. The Balaban J connectivity index is 1.82. The van der Waals surface area contributed by atoms with Gasteiger partial charge in [0.05, 0.1) is 13.2 Å². The van der Waals surface area contributed by atoms with Crippen LogP contribution in [-0.2, 0) is 10.3 Å². The summed E-state index contributed by atoms with van der Waals surface area (Å²) in [6, 6.07) is 11.2. The highest BCUT2D eigenvalue weighted by atomic mass is 79.9. The number of pyridine rings is 1. The van der Waals surface area contributed by atoms with Crippen LogP contribution in [0.15, 0.2) is 52.1 Å². The van der Waals surface area contributed by atoms with Crippen molar-refractivity contribution in [1.29, 1.82) is 0 Å². The van der Waals surface area contributed by atoms with E-state index >= 15 is 0 Å². The van der Waals surface area contributed by atoms with E-state index in [9.17, 15) is 4.79 Å². The SMILES string of the molecule is CC1=NC(C)(c2cccc(NC(=O)c3ccc(Br)cn3)c2)COC1. The second kappa shape index (κ2) is 6.83. The van der Waals surface area contributed by atoms with Gasteiger partial charge in [0, 0.05) is 22.1 Å². The van der Waals surface area contributed by atoms with Crippen molar-refractivity contribution in [2.45, 2.75) is 19.4 Å². The van der Waals surface area contributed by atoms with Crippen LogP contribution in [0, 0.1) is 0 Å². The molecule has 1 aromatic carbocycles. The molecule has 3 rings (SSSR count). The van der Waals surface area contributed by atoms with Crippen LogP contribution in [0.2, 0.25) is 0 Å². The average Bonchev–Trinajstić information content (AvgIpc) is 2.55. The number of aliphatic imine (C=N–C) groups is 1. The molecule has 1 aliphatic rings. The first kappa shape index (κ1) is 16.8. The molecule has 1 unspecified atom stereocenters. The van der Waals surface area contributed by atoms with E-state index in [1.165, 1.54) is 0 Å². The zero-order chi connectivity index (χ0) is 17.2. The molecule has 2 heterocycles. The molecule has 1 aromatic heterocycles. The van der Waals surface area contributed by atoms with Gasteiger partial charge in [-0.1, -0.05) is 12.1 Å². The third kappa shape index (κ3) is 3.71. The van der Waals surface area contributed by atoms with Gasteiger partial charge in [-0.3, -0.25) is 9.79 Å². The number of hydrogen-bond acceptors (Lipinski definition) is 4. The lowest BCUT2D eigenvalue weighted by atomic mass is 9.92. The normalized spacial score (nSPS) is 20.4. The van der Waals surface area contributed by atoms with E-state index in [1.54, 1.807) is 18.3 Å². The summed E-state index contributed by atoms with van der Waals surface area (Å²) in [5, 5.41) is 2.88. The molecule has 124 valence electrons. The van der Waals surface area contributed by atoms with Gasteiger partial charge in [-0.2, -0.15) is 0 Å². The van der Waals surface area contributed by atoms with E-state index in [-0.39, 0.29) is 5.91 Å². The van der Waals surface area contributed by atoms with Crippen molar-refractivity contribution in [3.63, 3.8) is 0 Å². The number of halogens is 1. The van der Waals surface area contributed by atoms with Crippen LogP contribution in [0.4, 0.5) is 5.69 Å². The molecular weight excluding hydrogens is 370 g/mol. The van der Waals surface area contributed by atoms with Crippen LogP contribution >= 0.6 is 15.9 Å². The summed E-state index contributed by atoms with van der Waals surface area (Å²) in [5.41, 5.74) is 2.62. The fourth-order valence-electron chi connectivity index (χ4n) is 2.67. The summed E-state index contributed by atoms with van der Waals surface area (Å²) in [4.78, 5) is 21.1. The quantitative estimate of drug-likeness (QED) is 0.870. The molecule has 0 fully saturated rings. The summed E-state index contributed by atoms with van der Waals surface area (Å²) in [6.45, 7) is 5.09. The Morgan fingerprint density at radius 3 is 2.88 bits per heavy atom. The lowest BCUT2D eigenvalue weighted by Crippen LogP contribution is -2.33. The summed E-state index contributed by atoms with van der Waals surface area (Å²) >= 11 is 3.31. The average molecular weight is 388 g/mol. The summed E-state index contributed by atoms with van der Waals surface area (Å²) in [7, 11) is 0. The molecule has 0 saturated heterocycles. The predicted octanol–water partition coefficient (Wildman–Crippen LogP) is 3.80. The van der Waals surface area contributed by atoms with Gasteiger partial charge in [0.15, 0.2) is 0 Å². The number of carbonyl (C=O) groups is 1. The maximum Gasteiger partial charge on any atom is 0.274 e. The molecule has 0 saturated carbocycles. The van der Waals surface area contributed by atoms with Gasteiger partial charge in [-0.25, -0.2) is 4.98 Å². The number of nitrogens with zero attached hydrogens (tertiary/aromatic N) is 2. The minimum atomic E-state index is -0.432. The maximum absolute atomic E-state index is 12.3. The van der Waals surface area contributed by atoms with E-state index in [0.29, 0.717) is 24.6 Å². The van der Waals surface area contributed by atoms with Gasteiger partial charge in [0.2, 0.25) is 0 Å². The second-order valence-corrected chi connectivity index (χ2v) is 6.93. The fraction of sp³-hybridized carbons (Fsp3) is 0.278. The number of rotatable bonds is 3. The minimum Gasteiger partial charge on any atom is -0.373 e. The van der Waals surface area contributed by atoms with E-state index < -0.39 is 5.54 Å². The van der Waals surface area contributed by atoms with Crippen LogP contribution in [-0.4, -0.2) is 29.8 Å². The molecule has 5 nitrogen and oxygen atoms in total. The number of amides is 1. The largest absolute Gasteiger partial charge is 0.373 e. The molecule has 0 aliphatic carbocycles. The number of benzene rings is 1. The summed E-state index contributed by atoms with van der Waals surface area (Å²) < 4.78 is 6.45. The second-order valence-electron chi connectivity index (χ2n) is 6.01. The molecule has 6 heteroatoms. The Hall–Kier alpha value is -2.05. The number of aromatic nitrogens is 1. The van der Waals surface area contributed by atoms with Crippen LogP contribution in [0.1, 0.15) is 29.9 Å². The van der Waals surface area contributed by atoms with E-state index in [0.717, 1.165) is 15.7 Å². The molecule has 1 amide bonds. The fourth-order valence-corrected chi connectivity index (χ4v) is 2.90. The summed E-state index contributed by atoms with van der Waals surface area (Å²) in [6.07, 6.45) is 1.60. The first-order valence-electron chi connectivity index (χ1n) is 7.63. The Labute approximate surface area is 149 Å². The third-order valence-electron chi connectivity index (χ3n) is 3.83. The summed E-state index contributed by atoms with van der Waals surface area (Å²) in [5.74, 6) is -0.246. The van der Waals surface area contributed by atoms with Crippen molar-refractivity contribution in [2.75, 3.05) is 18.5 Å². The van der Waals surface area contributed by atoms with Crippen LogP contribution < -0.4 is 5.32 Å². The molecular formula is C18H18BrN3O2. The van der Waals surface area contributed by atoms with Crippen LogP contribution in [0.5, 0.6) is 0 Å². The Morgan fingerprint density at radius 1 is 1.33 bits per heavy atom. The van der Waals surface area contributed by atoms with Crippen LogP contribution in [0.3, 0.4) is 0 Å². The van der Waals surface area contributed by atoms with Crippen molar-refractivity contribution in [3.8, 4) is 0 Å². The molecule has 1 atom stereocenters. The number of carbonyl (C=O) groups excluding carboxylic acids is 1. The number of anilines is 1. The topological polar surface area (TPSA) is 63.6 Å². The monoisotopic (exact) mass is 387 g/mol. The van der Waals surface area contributed by atoms with Crippen molar-refractivity contribution < 1.29 is 9.53 Å². The van der Waals surface area contributed by atoms with E-state index in [1.807, 2.05) is 38.1 Å². The van der Waals surface area contributed by atoms with Gasteiger partial charge in [0.1, 0.15) is 11.2 Å². The lowest BCUT2D eigenvalue weighted by molar-refractivity contribution is 0.102. The zero-order valence-electron chi connectivity index (χ0n) is 13.5. The van der Waals surface area contributed by atoms with E-state index in [2.05, 4.69) is 26.2 Å². The molecule has 1 aliphatic heterocycles. The van der Waals surface area contributed by atoms with Crippen molar-refractivity contribution in [1.82, 2.24) is 4.98 Å². The zero-order valence-corrected chi connectivity index (χ0v) is 15.1. The van der Waals surface area contributed by atoms with E-state index in [4.69, 9.17) is 9.73 Å². The smallest absolute Gasteiger partial charge is 0.274 e. The predicted molar refractivity (Wildman–Crippen MR) is 97.6 cm³/mol. The molecule has 24 heavy (non-hydrogen) atoms. The Bertz CT molecular complexity index is 789. The first-order chi connectivity index (χ1) is 11.5.